The van der Waals surface area contributed by atoms with E-state index >= 15 is 0 Å². The number of esters is 1. The zero-order valence-electron chi connectivity index (χ0n) is 13.0. The molecule has 0 aliphatic rings. The standard InChI is InChI=1S/C18H16O5/c1-21-11-4-5-12-14(8-11)13-9-16(19)17(22-2)7-10(13)6-15(12)18(20)23-3/h4-9,19H,1-3H3. The minimum atomic E-state index is -0.422. The van der Waals surface area contributed by atoms with E-state index in [1.807, 2.05) is 6.07 Å². The Hall–Kier alpha value is -2.95. The largest absolute Gasteiger partial charge is 0.504 e. The van der Waals surface area contributed by atoms with Gasteiger partial charge in [0.05, 0.1) is 26.9 Å². The maximum Gasteiger partial charge on any atom is 0.338 e. The van der Waals surface area contributed by atoms with Crippen LogP contribution in [-0.4, -0.2) is 32.4 Å². The molecule has 0 spiro atoms. The Labute approximate surface area is 133 Å². The predicted molar refractivity (Wildman–Crippen MR) is 87.6 cm³/mol. The van der Waals surface area contributed by atoms with Gasteiger partial charge in [0.25, 0.3) is 0 Å². The van der Waals surface area contributed by atoms with Crippen molar-refractivity contribution in [1.29, 1.82) is 0 Å². The van der Waals surface area contributed by atoms with Crippen molar-refractivity contribution in [2.24, 2.45) is 0 Å². The van der Waals surface area contributed by atoms with Gasteiger partial charge in [-0.15, -0.1) is 0 Å². The normalized spacial score (nSPS) is 10.7. The van der Waals surface area contributed by atoms with Crippen LogP contribution in [0.4, 0.5) is 0 Å². The first-order valence-corrected chi connectivity index (χ1v) is 6.98. The highest BCUT2D eigenvalue weighted by atomic mass is 16.5. The number of phenolic OH excluding ortho intramolecular Hbond substituents is 1. The molecule has 0 bridgehead atoms. The smallest absolute Gasteiger partial charge is 0.338 e. The van der Waals surface area contributed by atoms with Crippen LogP contribution in [0, 0.1) is 0 Å². The van der Waals surface area contributed by atoms with E-state index in [-0.39, 0.29) is 5.75 Å². The molecule has 0 aliphatic carbocycles. The van der Waals surface area contributed by atoms with Gasteiger partial charge in [0.1, 0.15) is 5.75 Å². The molecule has 1 N–H and O–H groups in total. The molecule has 3 aromatic rings. The van der Waals surface area contributed by atoms with Crippen molar-refractivity contribution in [3.8, 4) is 17.2 Å². The minimum Gasteiger partial charge on any atom is -0.504 e. The second kappa shape index (κ2) is 5.68. The van der Waals surface area contributed by atoms with E-state index in [1.165, 1.54) is 14.2 Å². The summed E-state index contributed by atoms with van der Waals surface area (Å²) in [7, 11) is 4.40. The van der Waals surface area contributed by atoms with Crippen molar-refractivity contribution >= 4 is 27.5 Å². The Kier molecular flexibility index (Phi) is 3.70. The van der Waals surface area contributed by atoms with Gasteiger partial charge in [-0.3, -0.25) is 0 Å². The molecular formula is C18H16O5. The van der Waals surface area contributed by atoms with E-state index in [2.05, 4.69) is 0 Å². The van der Waals surface area contributed by atoms with E-state index in [0.717, 1.165) is 21.5 Å². The molecular weight excluding hydrogens is 296 g/mol. The first-order valence-electron chi connectivity index (χ1n) is 6.98. The molecule has 3 rings (SSSR count). The Balaban J connectivity index is 2.47. The van der Waals surface area contributed by atoms with Gasteiger partial charge < -0.3 is 19.3 Å². The Morgan fingerprint density at radius 3 is 2.35 bits per heavy atom. The monoisotopic (exact) mass is 312 g/mol. The molecule has 0 saturated carbocycles. The quantitative estimate of drug-likeness (QED) is 0.592. The van der Waals surface area contributed by atoms with Gasteiger partial charge in [0.2, 0.25) is 0 Å². The molecule has 0 fully saturated rings. The number of benzene rings is 3. The van der Waals surface area contributed by atoms with Crippen molar-refractivity contribution in [3.63, 3.8) is 0 Å². The molecule has 0 aromatic heterocycles. The Morgan fingerprint density at radius 2 is 1.70 bits per heavy atom. The van der Waals surface area contributed by atoms with E-state index in [1.54, 1.807) is 37.4 Å². The summed E-state index contributed by atoms with van der Waals surface area (Å²) in [4.78, 5) is 12.1. The molecule has 0 saturated heterocycles. The van der Waals surface area contributed by atoms with E-state index < -0.39 is 5.97 Å². The summed E-state index contributed by atoms with van der Waals surface area (Å²) in [5.74, 6) is 0.621. The average molecular weight is 312 g/mol. The molecule has 0 aliphatic heterocycles. The Bertz CT molecular complexity index is 914. The van der Waals surface area contributed by atoms with Crippen molar-refractivity contribution in [3.05, 3.63) is 42.0 Å². The highest BCUT2D eigenvalue weighted by Gasteiger charge is 2.16. The lowest BCUT2D eigenvalue weighted by Gasteiger charge is -2.12. The maximum absolute atomic E-state index is 12.1. The molecule has 0 unspecified atom stereocenters. The van der Waals surface area contributed by atoms with Crippen LogP contribution in [0.15, 0.2) is 36.4 Å². The predicted octanol–water partition coefficient (Wildman–Crippen LogP) is 3.50. The molecule has 0 atom stereocenters. The molecule has 0 radical (unpaired) electrons. The van der Waals surface area contributed by atoms with Crippen LogP contribution in [0.1, 0.15) is 10.4 Å². The lowest BCUT2D eigenvalue weighted by atomic mass is 9.96. The summed E-state index contributed by atoms with van der Waals surface area (Å²) in [6.07, 6.45) is 0. The zero-order chi connectivity index (χ0) is 16.6. The van der Waals surface area contributed by atoms with Gasteiger partial charge in [-0.2, -0.15) is 0 Å². The first kappa shape index (κ1) is 15.0. The van der Waals surface area contributed by atoms with Gasteiger partial charge in [0.15, 0.2) is 11.5 Å². The van der Waals surface area contributed by atoms with E-state index in [0.29, 0.717) is 17.1 Å². The maximum atomic E-state index is 12.1. The van der Waals surface area contributed by atoms with Crippen molar-refractivity contribution in [1.82, 2.24) is 0 Å². The molecule has 3 aromatic carbocycles. The highest BCUT2D eigenvalue weighted by Crippen LogP contribution is 2.37. The lowest BCUT2D eigenvalue weighted by Crippen LogP contribution is -2.02. The lowest BCUT2D eigenvalue weighted by molar-refractivity contribution is 0.0603. The molecule has 23 heavy (non-hydrogen) atoms. The van der Waals surface area contributed by atoms with Crippen molar-refractivity contribution in [2.45, 2.75) is 0 Å². The third-order valence-corrected chi connectivity index (χ3v) is 3.86. The number of aromatic hydroxyl groups is 1. The van der Waals surface area contributed by atoms with Crippen LogP contribution in [-0.2, 0) is 4.74 Å². The fraction of sp³-hybridized carbons (Fsp3) is 0.167. The van der Waals surface area contributed by atoms with E-state index in [9.17, 15) is 9.90 Å². The van der Waals surface area contributed by atoms with Crippen LogP contribution in [0.3, 0.4) is 0 Å². The van der Waals surface area contributed by atoms with Crippen LogP contribution in [0.25, 0.3) is 21.5 Å². The van der Waals surface area contributed by atoms with Gasteiger partial charge in [-0.25, -0.2) is 4.79 Å². The van der Waals surface area contributed by atoms with Crippen LogP contribution >= 0.6 is 0 Å². The highest BCUT2D eigenvalue weighted by molar-refractivity contribution is 6.16. The summed E-state index contributed by atoms with van der Waals surface area (Å²) < 4.78 is 15.3. The summed E-state index contributed by atoms with van der Waals surface area (Å²) in [6, 6.07) is 10.5. The summed E-state index contributed by atoms with van der Waals surface area (Å²) >= 11 is 0. The van der Waals surface area contributed by atoms with Crippen LogP contribution in [0.5, 0.6) is 17.2 Å². The number of hydrogen-bond donors (Lipinski definition) is 1. The summed E-state index contributed by atoms with van der Waals surface area (Å²) in [6.45, 7) is 0. The second-order valence-electron chi connectivity index (χ2n) is 5.07. The van der Waals surface area contributed by atoms with Crippen LogP contribution in [0.2, 0.25) is 0 Å². The fourth-order valence-corrected chi connectivity index (χ4v) is 2.72. The van der Waals surface area contributed by atoms with E-state index in [4.69, 9.17) is 14.2 Å². The molecule has 5 nitrogen and oxygen atoms in total. The third-order valence-electron chi connectivity index (χ3n) is 3.86. The zero-order valence-corrected chi connectivity index (χ0v) is 13.0. The number of phenols is 1. The van der Waals surface area contributed by atoms with Gasteiger partial charge in [-0.1, -0.05) is 0 Å². The van der Waals surface area contributed by atoms with Gasteiger partial charge in [0, 0.05) is 0 Å². The summed E-state index contributed by atoms with van der Waals surface area (Å²) in [5, 5.41) is 13.2. The second-order valence-corrected chi connectivity index (χ2v) is 5.07. The van der Waals surface area contributed by atoms with Crippen molar-refractivity contribution < 1.29 is 24.1 Å². The number of carbonyl (C=O) groups excluding carboxylic acids is 1. The fourth-order valence-electron chi connectivity index (χ4n) is 2.72. The topological polar surface area (TPSA) is 65.0 Å². The number of rotatable bonds is 3. The van der Waals surface area contributed by atoms with Crippen molar-refractivity contribution in [2.75, 3.05) is 21.3 Å². The number of carbonyl (C=O) groups is 1. The summed E-state index contributed by atoms with van der Waals surface area (Å²) in [5.41, 5.74) is 0.449. The average Bonchev–Trinajstić information content (AvgIpc) is 2.59. The van der Waals surface area contributed by atoms with Gasteiger partial charge in [-0.05, 0) is 57.9 Å². The molecule has 0 amide bonds. The number of methoxy groups -OCH3 is 3. The Morgan fingerprint density at radius 1 is 0.913 bits per heavy atom. The van der Waals surface area contributed by atoms with Crippen LogP contribution < -0.4 is 9.47 Å². The molecule has 0 heterocycles. The number of hydrogen-bond acceptors (Lipinski definition) is 5. The first-order chi connectivity index (χ1) is 11.1. The molecule has 118 valence electrons. The molecule has 5 heteroatoms. The minimum absolute atomic E-state index is 0.0370. The SMILES string of the molecule is COC(=O)c1cc2cc(OC)c(O)cc2c2cc(OC)ccc12. The number of ether oxygens (including phenoxy) is 3. The van der Waals surface area contributed by atoms with Gasteiger partial charge >= 0.3 is 5.97 Å². The third kappa shape index (κ3) is 2.40. The number of fused-ring (bicyclic) bond motifs is 3.